The van der Waals surface area contributed by atoms with E-state index in [-0.39, 0.29) is 0 Å². The molecule has 0 aromatic rings. The van der Waals surface area contributed by atoms with Crippen molar-refractivity contribution in [2.75, 3.05) is 0 Å². The van der Waals surface area contributed by atoms with E-state index in [4.69, 9.17) is 0 Å². The summed E-state index contributed by atoms with van der Waals surface area (Å²) in [7, 11) is 0. The Balaban J connectivity index is 4.73. The van der Waals surface area contributed by atoms with Gasteiger partial charge < -0.3 is 5.11 Å². The Labute approximate surface area is 69.4 Å². The van der Waals surface area contributed by atoms with Crippen LogP contribution in [0.4, 0.5) is 0 Å². The van der Waals surface area contributed by atoms with Crippen molar-refractivity contribution in [3.8, 4) is 0 Å². The number of hydrogen-bond donors (Lipinski definition) is 1. The molecule has 0 saturated carbocycles. The fourth-order valence-corrected chi connectivity index (χ4v) is 0.873. The van der Waals surface area contributed by atoms with E-state index in [9.17, 15) is 5.11 Å². The molecule has 1 heteroatoms. The molecule has 64 valence electrons. The van der Waals surface area contributed by atoms with Crippen molar-refractivity contribution in [1.82, 2.24) is 0 Å². The molecule has 0 radical (unpaired) electrons. The maximum atomic E-state index is 9.91. The van der Waals surface area contributed by atoms with E-state index in [0.717, 1.165) is 11.1 Å². The van der Waals surface area contributed by atoms with Crippen LogP contribution in [0.5, 0.6) is 0 Å². The van der Waals surface area contributed by atoms with Crippen molar-refractivity contribution in [3.63, 3.8) is 0 Å². The van der Waals surface area contributed by atoms with Crippen molar-refractivity contribution in [2.45, 2.75) is 40.2 Å². The Morgan fingerprint density at radius 2 is 1.36 bits per heavy atom. The lowest BCUT2D eigenvalue weighted by Crippen LogP contribution is -2.26. The monoisotopic (exact) mass is 154 g/mol. The molecule has 0 bridgehead atoms. The average molecular weight is 154 g/mol. The second-order valence-corrected chi connectivity index (χ2v) is 3.02. The number of hydrogen-bond acceptors (Lipinski definition) is 1. The topological polar surface area (TPSA) is 20.2 Å². The third-order valence-electron chi connectivity index (χ3n) is 2.40. The second-order valence-electron chi connectivity index (χ2n) is 3.02. The van der Waals surface area contributed by atoms with Crippen LogP contribution in [0.3, 0.4) is 0 Å². The Morgan fingerprint density at radius 3 is 1.55 bits per heavy atom. The summed E-state index contributed by atoms with van der Waals surface area (Å²) in [5.74, 6) is 0. The fourth-order valence-electron chi connectivity index (χ4n) is 0.873. The molecule has 0 fully saturated rings. The van der Waals surface area contributed by atoms with Crippen LogP contribution in [0.2, 0.25) is 0 Å². The van der Waals surface area contributed by atoms with E-state index in [2.05, 4.69) is 0 Å². The lowest BCUT2D eigenvalue weighted by atomic mass is 9.89. The minimum atomic E-state index is -0.760. The van der Waals surface area contributed by atoms with Crippen molar-refractivity contribution in [3.05, 3.63) is 23.3 Å². The zero-order valence-corrected chi connectivity index (χ0v) is 8.10. The first-order chi connectivity index (χ1) is 4.96. The zero-order chi connectivity index (χ0) is 9.07. The summed E-state index contributed by atoms with van der Waals surface area (Å²) in [5, 5.41) is 9.91. The molecule has 0 aliphatic rings. The van der Waals surface area contributed by atoms with Gasteiger partial charge in [0.2, 0.25) is 0 Å². The van der Waals surface area contributed by atoms with Crippen LogP contribution in [-0.4, -0.2) is 10.7 Å². The maximum absolute atomic E-state index is 9.91. The first-order valence-electron chi connectivity index (χ1n) is 3.96. The standard InChI is InChI=1S/C10H18O/c1-6-8(3)10(5,11)9(4)7-2/h6-7,11H,1-5H3. The quantitative estimate of drug-likeness (QED) is 0.606. The third-order valence-corrected chi connectivity index (χ3v) is 2.40. The van der Waals surface area contributed by atoms with Crippen molar-refractivity contribution < 1.29 is 5.11 Å². The smallest absolute Gasteiger partial charge is 0.103 e. The van der Waals surface area contributed by atoms with Gasteiger partial charge in [0.05, 0.1) is 0 Å². The molecule has 0 heterocycles. The van der Waals surface area contributed by atoms with Crippen LogP contribution in [0.1, 0.15) is 34.6 Å². The largest absolute Gasteiger partial charge is 0.381 e. The first-order valence-corrected chi connectivity index (χ1v) is 3.96. The summed E-state index contributed by atoms with van der Waals surface area (Å²) in [6, 6.07) is 0. The summed E-state index contributed by atoms with van der Waals surface area (Å²) in [4.78, 5) is 0. The molecule has 0 amide bonds. The zero-order valence-electron chi connectivity index (χ0n) is 8.10. The van der Waals surface area contributed by atoms with Gasteiger partial charge in [-0.3, -0.25) is 0 Å². The summed E-state index contributed by atoms with van der Waals surface area (Å²) in [6.45, 7) is 9.57. The number of allylic oxidation sites excluding steroid dienone is 2. The van der Waals surface area contributed by atoms with E-state index in [1.807, 2.05) is 46.8 Å². The molecule has 0 unspecified atom stereocenters. The van der Waals surface area contributed by atoms with E-state index in [1.165, 1.54) is 0 Å². The molecule has 0 aromatic heterocycles. The number of rotatable bonds is 2. The van der Waals surface area contributed by atoms with E-state index in [1.54, 1.807) is 0 Å². The van der Waals surface area contributed by atoms with Gasteiger partial charge in [-0.2, -0.15) is 0 Å². The highest BCUT2D eigenvalue weighted by Crippen LogP contribution is 2.24. The van der Waals surface area contributed by atoms with Crippen LogP contribution in [0, 0.1) is 0 Å². The van der Waals surface area contributed by atoms with Crippen molar-refractivity contribution in [2.24, 2.45) is 0 Å². The Bertz CT molecular complexity index is 165. The fraction of sp³-hybridized carbons (Fsp3) is 0.600. The van der Waals surface area contributed by atoms with Crippen LogP contribution < -0.4 is 0 Å². The minimum absolute atomic E-state index is 0.760. The van der Waals surface area contributed by atoms with Gasteiger partial charge in [-0.25, -0.2) is 0 Å². The molecule has 0 aromatic carbocycles. The summed E-state index contributed by atoms with van der Waals surface area (Å²) in [6.07, 6.45) is 3.88. The first kappa shape index (κ1) is 10.4. The SMILES string of the molecule is CC=C(C)C(C)(O)C(C)=CC. The molecule has 1 N–H and O–H groups in total. The molecular formula is C10H18O. The van der Waals surface area contributed by atoms with Gasteiger partial charge in [0.1, 0.15) is 5.60 Å². The van der Waals surface area contributed by atoms with Crippen LogP contribution in [-0.2, 0) is 0 Å². The van der Waals surface area contributed by atoms with E-state index < -0.39 is 5.60 Å². The molecule has 11 heavy (non-hydrogen) atoms. The third kappa shape index (κ3) is 2.19. The average Bonchev–Trinajstić information content (AvgIpc) is 2.01. The Hall–Kier alpha value is -0.560. The second kappa shape index (κ2) is 3.72. The lowest BCUT2D eigenvalue weighted by Gasteiger charge is -2.25. The number of aliphatic hydroxyl groups is 1. The molecular weight excluding hydrogens is 136 g/mol. The molecule has 0 aliphatic heterocycles. The highest BCUT2D eigenvalue weighted by Gasteiger charge is 2.22. The van der Waals surface area contributed by atoms with E-state index in [0.29, 0.717) is 0 Å². The van der Waals surface area contributed by atoms with Crippen molar-refractivity contribution >= 4 is 0 Å². The molecule has 0 rings (SSSR count). The highest BCUT2D eigenvalue weighted by molar-refractivity contribution is 5.27. The van der Waals surface area contributed by atoms with Crippen molar-refractivity contribution in [1.29, 1.82) is 0 Å². The van der Waals surface area contributed by atoms with Gasteiger partial charge >= 0.3 is 0 Å². The maximum Gasteiger partial charge on any atom is 0.103 e. The molecule has 1 nitrogen and oxygen atoms in total. The molecule has 0 aliphatic carbocycles. The summed E-state index contributed by atoms with van der Waals surface area (Å²) in [5.41, 5.74) is 1.23. The molecule has 0 saturated heterocycles. The summed E-state index contributed by atoms with van der Waals surface area (Å²) < 4.78 is 0. The predicted octanol–water partition coefficient (Wildman–Crippen LogP) is 2.67. The van der Waals surface area contributed by atoms with Crippen LogP contribution in [0.25, 0.3) is 0 Å². The molecule has 0 atom stereocenters. The van der Waals surface area contributed by atoms with Gasteiger partial charge in [0.15, 0.2) is 0 Å². The molecule has 0 spiro atoms. The Morgan fingerprint density at radius 1 is 1.09 bits per heavy atom. The minimum Gasteiger partial charge on any atom is -0.381 e. The highest BCUT2D eigenvalue weighted by atomic mass is 16.3. The van der Waals surface area contributed by atoms with Gasteiger partial charge in [-0.1, -0.05) is 12.2 Å². The van der Waals surface area contributed by atoms with Gasteiger partial charge in [-0.15, -0.1) is 0 Å². The normalized spacial score (nSPS) is 19.8. The van der Waals surface area contributed by atoms with Gasteiger partial charge in [0.25, 0.3) is 0 Å². The van der Waals surface area contributed by atoms with Crippen LogP contribution in [0.15, 0.2) is 23.3 Å². The van der Waals surface area contributed by atoms with Gasteiger partial charge in [0, 0.05) is 0 Å². The summed E-state index contributed by atoms with van der Waals surface area (Å²) >= 11 is 0. The predicted molar refractivity (Wildman–Crippen MR) is 49.5 cm³/mol. The van der Waals surface area contributed by atoms with Crippen LogP contribution >= 0.6 is 0 Å². The van der Waals surface area contributed by atoms with Gasteiger partial charge in [-0.05, 0) is 45.8 Å². The van der Waals surface area contributed by atoms with E-state index >= 15 is 0 Å². The Kier molecular flexibility index (Phi) is 3.53. The lowest BCUT2D eigenvalue weighted by molar-refractivity contribution is 0.137.